The number of hydrogen-bond donors (Lipinski definition) is 2. The lowest BCUT2D eigenvalue weighted by Gasteiger charge is -2.09. The van der Waals surface area contributed by atoms with Gasteiger partial charge in [0.25, 0.3) is 0 Å². The number of nitrogens with one attached hydrogen (secondary N) is 1. The molecule has 110 valence electrons. The van der Waals surface area contributed by atoms with Gasteiger partial charge >= 0.3 is 0 Å². The average Bonchev–Trinajstić information content (AvgIpc) is 2.48. The smallest absolute Gasteiger partial charge is 0.234 e. The molecule has 21 heavy (non-hydrogen) atoms. The minimum absolute atomic E-state index is 0.0774. The molecule has 2 rings (SSSR count). The molecule has 0 atom stereocenters. The molecule has 0 aliphatic carbocycles. The first-order chi connectivity index (χ1) is 10.1. The number of thioether (sulfide) groups is 1. The number of ether oxygens (including phenoxy) is 1. The summed E-state index contributed by atoms with van der Waals surface area (Å²) in [5.74, 6) is 1.06. The van der Waals surface area contributed by atoms with E-state index in [1.807, 2.05) is 49.4 Å². The second-order valence-corrected chi connectivity index (χ2v) is 5.65. The van der Waals surface area contributed by atoms with Crippen LogP contribution in [-0.2, 0) is 4.79 Å². The molecule has 0 heterocycles. The van der Waals surface area contributed by atoms with Gasteiger partial charge in [-0.05, 0) is 48.9 Å². The summed E-state index contributed by atoms with van der Waals surface area (Å²) >= 11 is 1.47. The summed E-state index contributed by atoms with van der Waals surface area (Å²) in [5, 5.41) is 2.82. The third kappa shape index (κ3) is 4.43. The van der Waals surface area contributed by atoms with E-state index >= 15 is 0 Å². The van der Waals surface area contributed by atoms with E-state index in [1.165, 1.54) is 11.8 Å². The van der Waals surface area contributed by atoms with Gasteiger partial charge < -0.3 is 15.8 Å². The standard InChI is InChI=1S/C16H18N2O2S/c1-11-3-8-15(14(17)9-11)18-16(19)10-21-13-6-4-12(20-2)5-7-13/h3-9H,10,17H2,1-2H3,(H,18,19). The second kappa shape index (κ2) is 7.04. The van der Waals surface area contributed by atoms with Crippen molar-refractivity contribution >= 4 is 29.0 Å². The number of aryl methyl sites for hydroxylation is 1. The molecule has 0 spiro atoms. The van der Waals surface area contributed by atoms with Crippen molar-refractivity contribution in [2.75, 3.05) is 23.9 Å². The van der Waals surface area contributed by atoms with E-state index < -0.39 is 0 Å². The highest BCUT2D eigenvalue weighted by molar-refractivity contribution is 8.00. The molecule has 2 aromatic rings. The lowest BCUT2D eigenvalue weighted by Crippen LogP contribution is -2.15. The van der Waals surface area contributed by atoms with Crippen LogP contribution in [0.4, 0.5) is 11.4 Å². The van der Waals surface area contributed by atoms with Gasteiger partial charge in [-0.15, -0.1) is 11.8 Å². The van der Waals surface area contributed by atoms with Gasteiger partial charge in [-0.25, -0.2) is 0 Å². The predicted octanol–water partition coefficient (Wildman–Crippen LogP) is 3.32. The number of hydrogen-bond acceptors (Lipinski definition) is 4. The van der Waals surface area contributed by atoms with Gasteiger partial charge in [0.05, 0.1) is 24.2 Å². The van der Waals surface area contributed by atoms with Gasteiger partial charge in [0.15, 0.2) is 0 Å². The number of rotatable bonds is 5. The summed E-state index contributed by atoms with van der Waals surface area (Å²) in [5.41, 5.74) is 8.18. The number of benzene rings is 2. The van der Waals surface area contributed by atoms with Crippen molar-refractivity contribution in [2.45, 2.75) is 11.8 Å². The van der Waals surface area contributed by atoms with E-state index in [9.17, 15) is 4.79 Å². The zero-order chi connectivity index (χ0) is 15.2. The number of amides is 1. The van der Waals surface area contributed by atoms with Crippen molar-refractivity contribution in [3.63, 3.8) is 0 Å². The van der Waals surface area contributed by atoms with Crippen molar-refractivity contribution in [2.24, 2.45) is 0 Å². The van der Waals surface area contributed by atoms with Crippen molar-refractivity contribution in [1.82, 2.24) is 0 Å². The molecule has 0 bridgehead atoms. The molecule has 1 amide bonds. The van der Waals surface area contributed by atoms with Crippen LogP contribution < -0.4 is 15.8 Å². The van der Waals surface area contributed by atoms with Crippen LogP contribution in [0.15, 0.2) is 47.4 Å². The Morgan fingerprint density at radius 3 is 2.57 bits per heavy atom. The summed E-state index contributed by atoms with van der Waals surface area (Å²) in [6.07, 6.45) is 0. The molecular formula is C16H18N2O2S. The summed E-state index contributed by atoms with van der Waals surface area (Å²) in [7, 11) is 1.63. The minimum Gasteiger partial charge on any atom is -0.497 e. The lowest BCUT2D eigenvalue weighted by molar-refractivity contribution is -0.113. The molecule has 0 aliphatic heterocycles. The maximum absolute atomic E-state index is 11.9. The average molecular weight is 302 g/mol. The number of carbonyl (C=O) groups is 1. The Labute approximate surface area is 128 Å². The first kappa shape index (κ1) is 15.3. The van der Waals surface area contributed by atoms with Crippen LogP contribution in [0.2, 0.25) is 0 Å². The lowest BCUT2D eigenvalue weighted by atomic mass is 10.2. The van der Waals surface area contributed by atoms with Gasteiger partial charge in [-0.2, -0.15) is 0 Å². The fourth-order valence-corrected chi connectivity index (χ4v) is 2.50. The van der Waals surface area contributed by atoms with Crippen molar-refractivity contribution in [1.29, 1.82) is 0 Å². The molecule has 0 aliphatic rings. The van der Waals surface area contributed by atoms with Crippen molar-refractivity contribution in [3.8, 4) is 5.75 Å². The van der Waals surface area contributed by atoms with Crippen LogP contribution in [0.1, 0.15) is 5.56 Å². The zero-order valence-electron chi connectivity index (χ0n) is 12.1. The topological polar surface area (TPSA) is 64.3 Å². The molecule has 2 aromatic carbocycles. The number of anilines is 2. The van der Waals surface area contributed by atoms with Gasteiger partial charge in [0.1, 0.15) is 5.75 Å². The van der Waals surface area contributed by atoms with E-state index in [0.29, 0.717) is 17.1 Å². The van der Waals surface area contributed by atoms with Crippen LogP contribution >= 0.6 is 11.8 Å². The Balaban J connectivity index is 1.89. The summed E-state index contributed by atoms with van der Waals surface area (Å²) in [6.45, 7) is 1.96. The van der Waals surface area contributed by atoms with Crippen molar-refractivity contribution in [3.05, 3.63) is 48.0 Å². The Morgan fingerprint density at radius 2 is 1.95 bits per heavy atom. The first-order valence-electron chi connectivity index (χ1n) is 6.51. The maximum Gasteiger partial charge on any atom is 0.234 e. The normalized spacial score (nSPS) is 10.2. The summed E-state index contributed by atoms with van der Waals surface area (Å²) in [4.78, 5) is 13.0. The van der Waals surface area contributed by atoms with Gasteiger partial charge in [0.2, 0.25) is 5.91 Å². The Kier molecular flexibility index (Phi) is 5.11. The molecule has 0 unspecified atom stereocenters. The molecule has 0 saturated carbocycles. The molecular weight excluding hydrogens is 284 g/mol. The third-order valence-corrected chi connectivity index (χ3v) is 3.92. The number of nitrogen functional groups attached to an aromatic ring is 1. The van der Waals surface area contributed by atoms with Crippen LogP contribution in [0.5, 0.6) is 5.75 Å². The highest BCUT2D eigenvalue weighted by Crippen LogP contribution is 2.23. The fourth-order valence-electron chi connectivity index (χ4n) is 1.80. The number of methoxy groups -OCH3 is 1. The van der Waals surface area contributed by atoms with Crippen LogP contribution in [-0.4, -0.2) is 18.8 Å². The van der Waals surface area contributed by atoms with E-state index in [4.69, 9.17) is 10.5 Å². The maximum atomic E-state index is 11.9. The molecule has 0 aromatic heterocycles. The Hall–Kier alpha value is -2.14. The van der Waals surface area contributed by atoms with E-state index in [0.717, 1.165) is 16.2 Å². The van der Waals surface area contributed by atoms with Gasteiger partial charge in [-0.3, -0.25) is 4.79 Å². The molecule has 3 N–H and O–H groups in total. The largest absolute Gasteiger partial charge is 0.497 e. The molecule has 5 heteroatoms. The monoisotopic (exact) mass is 302 g/mol. The Morgan fingerprint density at radius 1 is 1.24 bits per heavy atom. The number of nitrogens with two attached hydrogens (primary N) is 1. The first-order valence-corrected chi connectivity index (χ1v) is 7.50. The van der Waals surface area contributed by atoms with Crippen LogP contribution in [0, 0.1) is 6.92 Å². The molecule has 4 nitrogen and oxygen atoms in total. The summed E-state index contributed by atoms with van der Waals surface area (Å²) < 4.78 is 5.09. The highest BCUT2D eigenvalue weighted by atomic mass is 32.2. The van der Waals surface area contributed by atoms with E-state index in [2.05, 4.69) is 5.32 Å². The highest BCUT2D eigenvalue weighted by Gasteiger charge is 2.06. The third-order valence-electron chi connectivity index (χ3n) is 2.91. The molecule has 0 fully saturated rings. The molecule has 0 radical (unpaired) electrons. The van der Waals surface area contributed by atoms with Crippen molar-refractivity contribution < 1.29 is 9.53 Å². The summed E-state index contributed by atoms with van der Waals surface area (Å²) in [6, 6.07) is 13.2. The van der Waals surface area contributed by atoms with Gasteiger partial charge in [0, 0.05) is 4.90 Å². The molecule has 0 saturated heterocycles. The number of carbonyl (C=O) groups excluding carboxylic acids is 1. The minimum atomic E-state index is -0.0774. The predicted molar refractivity (Wildman–Crippen MR) is 87.9 cm³/mol. The van der Waals surface area contributed by atoms with Crippen LogP contribution in [0.25, 0.3) is 0 Å². The quantitative estimate of drug-likeness (QED) is 0.657. The fraction of sp³-hybridized carbons (Fsp3) is 0.188. The second-order valence-electron chi connectivity index (χ2n) is 4.60. The van der Waals surface area contributed by atoms with E-state index in [1.54, 1.807) is 7.11 Å². The zero-order valence-corrected chi connectivity index (χ0v) is 12.9. The van der Waals surface area contributed by atoms with Crippen LogP contribution in [0.3, 0.4) is 0 Å². The van der Waals surface area contributed by atoms with E-state index in [-0.39, 0.29) is 5.91 Å². The van der Waals surface area contributed by atoms with Gasteiger partial charge in [-0.1, -0.05) is 6.07 Å². The SMILES string of the molecule is COc1ccc(SCC(=O)Nc2ccc(C)cc2N)cc1. The Bertz CT molecular complexity index is 627.